The van der Waals surface area contributed by atoms with Gasteiger partial charge in [-0.15, -0.1) is 0 Å². The van der Waals surface area contributed by atoms with Crippen molar-refractivity contribution in [1.82, 2.24) is 24.4 Å². The Morgan fingerprint density at radius 2 is 1.91 bits per heavy atom. The summed E-state index contributed by atoms with van der Waals surface area (Å²) in [6.07, 6.45) is 1.86. The molecule has 0 atom stereocenters. The summed E-state index contributed by atoms with van der Waals surface area (Å²) >= 11 is 0. The Bertz CT molecular complexity index is 1110. The first-order valence-corrected chi connectivity index (χ1v) is 10.7. The van der Waals surface area contributed by atoms with Crippen LogP contribution in [0.4, 0.5) is 5.82 Å². The highest BCUT2D eigenvalue weighted by Crippen LogP contribution is 2.19. The number of carbonyl (C=O) groups excluding carboxylic acids is 1. The maximum Gasteiger partial charge on any atom is 0.328 e. The number of carbonyl (C=O) groups is 1. The lowest BCUT2D eigenvalue weighted by Gasteiger charge is -2.15. The average molecular weight is 443 g/mol. The summed E-state index contributed by atoms with van der Waals surface area (Å²) < 4.78 is 12.1. The third kappa shape index (κ3) is 5.85. The van der Waals surface area contributed by atoms with Gasteiger partial charge in [0.15, 0.2) is 11.5 Å². The Morgan fingerprint density at radius 3 is 2.59 bits per heavy atom. The number of anilines is 1. The summed E-state index contributed by atoms with van der Waals surface area (Å²) in [5.41, 5.74) is 8.47. The smallest absolute Gasteiger partial charge is 0.328 e. The van der Waals surface area contributed by atoms with Crippen molar-refractivity contribution in [3.05, 3.63) is 45.9 Å². The van der Waals surface area contributed by atoms with Gasteiger partial charge in [-0.05, 0) is 31.5 Å². The average Bonchev–Trinajstić information content (AvgIpc) is 3.06. The number of aromatic amines is 1. The number of aromatic nitrogens is 4. The van der Waals surface area contributed by atoms with Crippen molar-refractivity contribution >= 4 is 23.0 Å². The van der Waals surface area contributed by atoms with Crippen LogP contribution in [-0.2, 0) is 22.6 Å². The molecule has 2 heterocycles. The molecule has 10 heteroatoms. The number of nitrogen functional groups attached to an aromatic ring is 1. The van der Waals surface area contributed by atoms with Gasteiger partial charge in [0.25, 0.3) is 0 Å². The molecule has 3 aromatic rings. The Balaban J connectivity index is 1.73. The molecule has 3 N–H and O–H groups in total. The van der Waals surface area contributed by atoms with Crippen LogP contribution in [0.2, 0.25) is 0 Å². The van der Waals surface area contributed by atoms with E-state index in [0.717, 1.165) is 24.0 Å². The van der Waals surface area contributed by atoms with Gasteiger partial charge in [-0.3, -0.25) is 14.3 Å². The topological polar surface area (TPSA) is 128 Å². The fourth-order valence-corrected chi connectivity index (χ4v) is 3.28. The lowest BCUT2D eigenvalue weighted by Crippen LogP contribution is -2.27. The monoisotopic (exact) mass is 442 g/mol. The van der Waals surface area contributed by atoms with E-state index in [-0.39, 0.29) is 30.0 Å². The second kappa shape index (κ2) is 10.8. The molecule has 0 fully saturated rings. The van der Waals surface area contributed by atoms with E-state index in [4.69, 9.17) is 15.2 Å². The van der Waals surface area contributed by atoms with Crippen molar-refractivity contribution in [3.8, 4) is 6.01 Å². The summed E-state index contributed by atoms with van der Waals surface area (Å²) in [4.78, 5) is 37.3. The van der Waals surface area contributed by atoms with Gasteiger partial charge in [-0.1, -0.05) is 37.6 Å². The lowest BCUT2D eigenvalue weighted by atomic mass is 10.1. The third-order valence-corrected chi connectivity index (χ3v) is 4.88. The molecule has 3 rings (SSSR count). The number of nitrogens with two attached hydrogens (primary N) is 1. The van der Waals surface area contributed by atoms with Crippen LogP contribution < -0.4 is 16.2 Å². The molecule has 10 nitrogen and oxygen atoms in total. The molecule has 2 aromatic heterocycles. The highest BCUT2D eigenvalue weighted by molar-refractivity contribution is 5.81. The van der Waals surface area contributed by atoms with E-state index >= 15 is 0 Å². The molecule has 172 valence electrons. The second-order valence-electron chi connectivity index (χ2n) is 7.60. The number of benzene rings is 1. The predicted molar refractivity (Wildman–Crippen MR) is 121 cm³/mol. The van der Waals surface area contributed by atoms with Crippen LogP contribution >= 0.6 is 0 Å². The maximum atomic E-state index is 12.5. The van der Waals surface area contributed by atoms with Gasteiger partial charge < -0.3 is 20.2 Å². The number of likely N-dealkylation sites (N-methyl/N-ethyl adjacent to an activating group) is 1. The van der Waals surface area contributed by atoms with E-state index in [2.05, 4.69) is 21.9 Å². The van der Waals surface area contributed by atoms with Crippen LogP contribution in [0.25, 0.3) is 11.2 Å². The van der Waals surface area contributed by atoms with Gasteiger partial charge in [-0.2, -0.15) is 9.97 Å². The van der Waals surface area contributed by atoms with E-state index in [1.54, 1.807) is 6.92 Å². The van der Waals surface area contributed by atoms with Gasteiger partial charge in [0, 0.05) is 6.54 Å². The van der Waals surface area contributed by atoms with Crippen LogP contribution in [-0.4, -0.2) is 57.2 Å². The summed E-state index contributed by atoms with van der Waals surface area (Å²) in [5.74, 6) is -0.0676. The first-order chi connectivity index (χ1) is 15.4. The zero-order chi connectivity index (χ0) is 23.1. The molecule has 0 saturated heterocycles. The predicted octanol–water partition coefficient (Wildman–Crippen LogP) is 1.92. The fraction of sp³-hybridized carbons (Fsp3) is 0.455. The van der Waals surface area contributed by atoms with Crippen molar-refractivity contribution in [2.24, 2.45) is 0 Å². The number of esters is 1. The molecule has 0 radical (unpaired) electrons. The van der Waals surface area contributed by atoms with Crippen molar-refractivity contribution in [3.63, 3.8) is 0 Å². The highest BCUT2D eigenvalue weighted by Gasteiger charge is 2.15. The second-order valence-corrected chi connectivity index (χ2v) is 7.60. The number of nitrogens with one attached hydrogen (secondary N) is 1. The molecule has 0 amide bonds. The van der Waals surface area contributed by atoms with Gasteiger partial charge in [0.05, 0.1) is 26.3 Å². The third-order valence-electron chi connectivity index (χ3n) is 4.88. The minimum absolute atomic E-state index is 0.163. The quantitative estimate of drug-likeness (QED) is 0.340. The van der Waals surface area contributed by atoms with Crippen LogP contribution in [0.5, 0.6) is 6.01 Å². The highest BCUT2D eigenvalue weighted by atomic mass is 16.5. The normalized spacial score (nSPS) is 11.2. The molecular weight excluding hydrogens is 412 g/mol. The minimum atomic E-state index is -0.315. The first-order valence-electron chi connectivity index (χ1n) is 10.7. The van der Waals surface area contributed by atoms with E-state index in [1.807, 2.05) is 36.2 Å². The number of imidazole rings is 1. The number of fused-ring (bicyclic) bond motifs is 1. The molecule has 0 bridgehead atoms. The first kappa shape index (κ1) is 23.3. The number of unbranched alkanes of at least 4 members (excludes halogenated alkanes) is 1. The van der Waals surface area contributed by atoms with Crippen LogP contribution in [0.3, 0.4) is 0 Å². The number of nitrogens with zero attached hydrogens (tertiary/aromatic N) is 4. The van der Waals surface area contributed by atoms with Gasteiger partial charge in [-0.25, -0.2) is 4.79 Å². The summed E-state index contributed by atoms with van der Waals surface area (Å²) in [6, 6.07) is 8.00. The van der Waals surface area contributed by atoms with E-state index in [1.165, 1.54) is 4.57 Å². The largest absolute Gasteiger partial charge is 0.465 e. The van der Waals surface area contributed by atoms with Crippen LogP contribution in [0.15, 0.2) is 29.1 Å². The molecule has 0 aliphatic heterocycles. The van der Waals surface area contributed by atoms with Crippen molar-refractivity contribution in [1.29, 1.82) is 0 Å². The van der Waals surface area contributed by atoms with Gasteiger partial charge >= 0.3 is 17.7 Å². The Morgan fingerprint density at radius 1 is 1.19 bits per heavy atom. The summed E-state index contributed by atoms with van der Waals surface area (Å²) in [5, 5.41) is 0. The van der Waals surface area contributed by atoms with E-state index in [0.29, 0.717) is 37.5 Å². The zero-order valence-electron chi connectivity index (χ0n) is 18.8. The molecule has 1 aromatic carbocycles. The Hall–Kier alpha value is -3.40. The SMILES string of the molecule is CCCCOc1nc(N)c2[nH]c(=O)n(Cc3ccc(CN(C)CC(=O)OCC)cc3)c2n1. The lowest BCUT2D eigenvalue weighted by molar-refractivity contribution is -0.144. The van der Waals surface area contributed by atoms with Crippen molar-refractivity contribution in [2.75, 3.05) is 32.5 Å². The van der Waals surface area contributed by atoms with E-state index in [9.17, 15) is 9.59 Å². The molecule has 0 aliphatic carbocycles. The van der Waals surface area contributed by atoms with Gasteiger partial charge in [0.2, 0.25) is 0 Å². The number of hydrogen-bond donors (Lipinski definition) is 2. The minimum Gasteiger partial charge on any atom is -0.465 e. The van der Waals surface area contributed by atoms with Crippen LogP contribution in [0.1, 0.15) is 37.8 Å². The summed E-state index contributed by atoms with van der Waals surface area (Å²) in [6.45, 7) is 5.87. The Labute approximate surface area is 186 Å². The molecule has 0 aliphatic rings. The number of rotatable bonds is 11. The summed E-state index contributed by atoms with van der Waals surface area (Å²) in [7, 11) is 1.86. The Kier molecular flexibility index (Phi) is 7.82. The molecule has 0 spiro atoms. The molecule has 32 heavy (non-hydrogen) atoms. The van der Waals surface area contributed by atoms with E-state index < -0.39 is 0 Å². The molecular formula is C22H30N6O4. The zero-order valence-corrected chi connectivity index (χ0v) is 18.8. The van der Waals surface area contributed by atoms with Crippen molar-refractivity contribution < 1.29 is 14.3 Å². The van der Waals surface area contributed by atoms with Gasteiger partial charge in [0.1, 0.15) is 5.52 Å². The molecule has 0 saturated carbocycles. The number of H-pyrrole nitrogens is 1. The maximum absolute atomic E-state index is 12.5. The fourth-order valence-electron chi connectivity index (χ4n) is 3.28. The van der Waals surface area contributed by atoms with Crippen molar-refractivity contribution in [2.45, 2.75) is 39.8 Å². The number of ether oxygens (including phenoxy) is 2. The molecule has 0 unspecified atom stereocenters. The standard InChI is InChI=1S/C22H30N6O4/c1-4-6-11-32-21-25-19(23)18-20(26-21)28(22(30)24-18)13-16-9-7-15(8-10-16)12-27(3)14-17(29)31-5-2/h7-10H,4-6,11-14H2,1-3H3,(H,24,30)(H2,23,25,26). The van der Waals surface area contributed by atoms with Crippen LogP contribution in [0, 0.1) is 0 Å². The number of hydrogen-bond acceptors (Lipinski definition) is 8.